The van der Waals surface area contributed by atoms with Crippen LogP contribution in [0.2, 0.25) is 0 Å². The van der Waals surface area contributed by atoms with Crippen molar-refractivity contribution in [2.75, 3.05) is 0 Å². The van der Waals surface area contributed by atoms with Crippen molar-refractivity contribution in [1.82, 2.24) is 0 Å². The van der Waals surface area contributed by atoms with E-state index in [-0.39, 0.29) is 23.3 Å². The predicted octanol–water partition coefficient (Wildman–Crippen LogP) is 3.84. The summed E-state index contributed by atoms with van der Waals surface area (Å²) in [5.41, 5.74) is -0.173. The number of aliphatic hydroxyl groups excluding tert-OH is 1. The van der Waals surface area contributed by atoms with Crippen LogP contribution in [0.3, 0.4) is 0 Å². The van der Waals surface area contributed by atoms with E-state index < -0.39 is 29.4 Å². The molecule has 116 valence electrons. The third kappa shape index (κ3) is 2.49. The van der Waals surface area contributed by atoms with Crippen LogP contribution < -0.4 is 0 Å². The van der Waals surface area contributed by atoms with Crippen molar-refractivity contribution < 1.29 is 18.6 Å². The van der Waals surface area contributed by atoms with Crippen LogP contribution >= 0.6 is 0 Å². The molecule has 0 amide bonds. The van der Waals surface area contributed by atoms with Gasteiger partial charge in [0.05, 0.1) is 17.8 Å². The van der Waals surface area contributed by atoms with Gasteiger partial charge in [-0.15, -0.1) is 0 Å². The number of benzene rings is 1. The lowest BCUT2D eigenvalue weighted by atomic mass is 9.63. The number of fused-ring (bicyclic) bond motifs is 2. The van der Waals surface area contributed by atoms with Crippen LogP contribution in [0.4, 0.5) is 8.78 Å². The summed E-state index contributed by atoms with van der Waals surface area (Å²) < 4.78 is 33.8. The lowest BCUT2D eigenvalue weighted by Crippen LogP contribution is -2.52. The number of rotatable bonds is 1. The van der Waals surface area contributed by atoms with E-state index in [1.165, 1.54) is 6.07 Å². The Hall–Kier alpha value is -1.00. The maximum atomic E-state index is 14.1. The molecule has 2 fully saturated rings. The van der Waals surface area contributed by atoms with E-state index in [1.807, 2.05) is 20.8 Å². The Morgan fingerprint density at radius 2 is 1.95 bits per heavy atom. The normalized spacial score (nSPS) is 38.3. The van der Waals surface area contributed by atoms with E-state index in [0.29, 0.717) is 6.42 Å². The summed E-state index contributed by atoms with van der Waals surface area (Å²) in [4.78, 5) is 0. The van der Waals surface area contributed by atoms with Gasteiger partial charge in [0.15, 0.2) is 0 Å². The van der Waals surface area contributed by atoms with E-state index in [4.69, 9.17) is 4.74 Å². The molecule has 0 aromatic heterocycles. The summed E-state index contributed by atoms with van der Waals surface area (Å²) in [5, 5.41) is 10.3. The highest BCUT2D eigenvalue weighted by Crippen LogP contribution is 2.53. The molecule has 0 radical (unpaired) electrons. The van der Waals surface area contributed by atoms with E-state index in [1.54, 1.807) is 0 Å². The summed E-state index contributed by atoms with van der Waals surface area (Å²) in [6, 6.07) is 3.50. The van der Waals surface area contributed by atoms with E-state index in [0.717, 1.165) is 18.6 Å². The largest absolute Gasteiger partial charge is 0.393 e. The average Bonchev–Trinajstić information content (AvgIpc) is 2.41. The van der Waals surface area contributed by atoms with E-state index in [9.17, 15) is 13.9 Å². The Labute approximate surface area is 124 Å². The first-order valence-corrected chi connectivity index (χ1v) is 7.60. The fraction of sp³-hybridized carbons (Fsp3) is 0.647. The quantitative estimate of drug-likeness (QED) is 0.853. The van der Waals surface area contributed by atoms with Crippen LogP contribution in [0.25, 0.3) is 0 Å². The van der Waals surface area contributed by atoms with Gasteiger partial charge in [0.2, 0.25) is 0 Å². The average molecular weight is 296 g/mol. The Bertz CT molecular complexity index is 544. The third-order valence-electron chi connectivity index (χ3n) is 5.43. The van der Waals surface area contributed by atoms with Crippen LogP contribution in [0, 0.1) is 29.4 Å². The minimum absolute atomic E-state index is 0.0167. The van der Waals surface area contributed by atoms with Gasteiger partial charge in [-0.1, -0.05) is 6.92 Å². The number of aliphatic hydroxyl groups is 1. The highest BCUT2D eigenvalue weighted by Gasteiger charge is 2.51. The van der Waals surface area contributed by atoms with Crippen molar-refractivity contribution >= 4 is 0 Å². The smallest absolute Gasteiger partial charge is 0.129 e. The van der Waals surface area contributed by atoms with Crippen LogP contribution in [-0.4, -0.2) is 16.8 Å². The first kappa shape index (κ1) is 14.9. The van der Waals surface area contributed by atoms with Crippen molar-refractivity contribution in [2.45, 2.75) is 51.4 Å². The second kappa shape index (κ2) is 5.03. The van der Waals surface area contributed by atoms with Gasteiger partial charge in [-0.3, -0.25) is 0 Å². The molecule has 2 nitrogen and oxygen atoms in total. The second-order valence-electron chi connectivity index (χ2n) is 7.07. The van der Waals surface area contributed by atoms with E-state index in [2.05, 4.69) is 0 Å². The predicted molar refractivity (Wildman–Crippen MR) is 75.6 cm³/mol. The van der Waals surface area contributed by atoms with E-state index >= 15 is 0 Å². The zero-order chi connectivity index (χ0) is 15.4. The Morgan fingerprint density at radius 3 is 2.67 bits per heavy atom. The number of hydrogen-bond acceptors (Lipinski definition) is 2. The molecule has 3 rings (SSSR count). The standard InChI is InChI=1S/C17H22F2O2/c1-9-12-6-10(7-15(9)20)17(2,3)21-16(12)13-8-11(18)4-5-14(13)19/h4-5,8-10,12,15-16,20H,6-7H2,1-3H3/t9-,10-,12+,15-,16+/m0/s1. The van der Waals surface area contributed by atoms with Crippen molar-refractivity contribution in [1.29, 1.82) is 0 Å². The number of hydrogen-bond donors (Lipinski definition) is 1. The lowest BCUT2D eigenvalue weighted by molar-refractivity contribution is -0.216. The molecule has 2 aliphatic rings. The Morgan fingerprint density at radius 1 is 1.24 bits per heavy atom. The zero-order valence-corrected chi connectivity index (χ0v) is 12.6. The minimum Gasteiger partial charge on any atom is -0.393 e. The molecule has 1 heterocycles. The van der Waals surface area contributed by atoms with Gasteiger partial charge in [-0.05, 0) is 62.6 Å². The van der Waals surface area contributed by atoms with Gasteiger partial charge in [0.25, 0.3) is 0 Å². The van der Waals surface area contributed by atoms with Crippen molar-refractivity contribution in [3.8, 4) is 0 Å². The monoisotopic (exact) mass is 296 g/mol. The molecular formula is C17H22F2O2. The first-order valence-electron chi connectivity index (χ1n) is 7.60. The lowest BCUT2D eigenvalue weighted by Gasteiger charge is -2.53. The Kier molecular flexibility index (Phi) is 3.57. The topological polar surface area (TPSA) is 29.5 Å². The van der Waals surface area contributed by atoms with Crippen molar-refractivity contribution in [3.63, 3.8) is 0 Å². The SMILES string of the molecule is C[C@H]1[C@H]2C[C@@H](C[C@@H]1O)C(C)(C)O[C@H]2c1cc(F)ccc1F. The fourth-order valence-electron chi connectivity index (χ4n) is 3.94. The first-order chi connectivity index (χ1) is 9.79. The third-order valence-corrected chi connectivity index (χ3v) is 5.43. The highest BCUT2D eigenvalue weighted by atomic mass is 19.1. The molecule has 1 aromatic rings. The molecule has 1 aromatic carbocycles. The summed E-state index contributed by atoms with van der Waals surface area (Å²) in [5.74, 6) is -0.614. The van der Waals surface area contributed by atoms with Crippen LogP contribution in [-0.2, 0) is 4.74 Å². The summed E-state index contributed by atoms with van der Waals surface area (Å²) in [6.45, 7) is 5.92. The van der Waals surface area contributed by atoms with Crippen molar-refractivity contribution in [3.05, 3.63) is 35.4 Å². The number of halogens is 2. The molecule has 5 atom stereocenters. The van der Waals surface area contributed by atoms with Crippen LogP contribution in [0.15, 0.2) is 18.2 Å². The Balaban J connectivity index is 2.02. The van der Waals surface area contributed by atoms with Gasteiger partial charge in [0, 0.05) is 5.56 Å². The molecule has 2 bridgehead atoms. The highest BCUT2D eigenvalue weighted by molar-refractivity contribution is 5.23. The maximum Gasteiger partial charge on any atom is 0.129 e. The molecule has 21 heavy (non-hydrogen) atoms. The molecule has 4 heteroatoms. The van der Waals surface area contributed by atoms with Gasteiger partial charge < -0.3 is 9.84 Å². The summed E-state index contributed by atoms with van der Waals surface area (Å²) in [7, 11) is 0. The zero-order valence-electron chi connectivity index (χ0n) is 12.6. The molecule has 1 saturated heterocycles. The van der Waals surface area contributed by atoms with Crippen LogP contribution in [0.5, 0.6) is 0 Å². The molecule has 0 unspecified atom stereocenters. The molecular weight excluding hydrogens is 274 g/mol. The molecule has 1 aliphatic heterocycles. The fourth-order valence-corrected chi connectivity index (χ4v) is 3.94. The maximum absolute atomic E-state index is 14.1. The summed E-state index contributed by atoms with van der Waals surface area (Å²) >= 11 is 0. The van der Waals surface area contributed by atoms with Gasteiger partial charge in [0.1, 0.15) is 11.6 Å². The molecule has 1 N–H and O–H groups in total. The molecule has 1 saturated carbocycles. The van der Waals surface area contributed by atoms with Gasteiger partial charge >= 0.3 is 0 Å². The minimum atomic E-state index is -0.503. The van der Waals surface area contributed by atoms with Gasteiger partial charge in [-0.2, -0.15) is 0 Å². The van der Waals surface area contributed by atoms with Gasteiger partial charge in [-0.25, -0.2) is 8.78 Å². The molecule has 1 aliphatic carbocycles. The molecule has 0 spiro atoms. The summed E-state index contributed by atoms with van der Waals surface area (Å²) in [6.07, 6.45) is 0.683. The van der Waals surface area contributed by atoms with Crippen molar-refractivity contribution in [2.24, 2.45) is 17.8 Å². The second-order valence-corrected chi connectivity index (χ2v) is 7.07. The van der Waals surface area contributed by atoms with Crippen LogP contribution in [0.1, 0.15) is 45.3 Å². The number of ether oxygens (including phenoxy) is 1.